The van der Waals surface area contributed by atoms with Gasteiger partial charge in [0.2, 0.25) is 10.0 Å². The van der Waals surface area contributed by atoms with E-state index in [9.17, 15) is 17.6 Å². The van der Waals surface area contributed by atoms with Crippen molar-refractivity contribution < 1.29 is 17.6 Å². The van der Waals surface area contributed by atoms with Gasteiger partial charge in [-0.2, -0.15) is 0 Å². The molecule has 2 aromatic carbocycles. The van der Waals surface area contributed by atoms with E-state index in [4.69, 9.17) is 0 Å². The van der Waals surface area contributed by atoms with Gasteiger partial charge in [0.05, 0.1) is 5.25 Å². The van der Waals surface area contributed by atoms with Gasteiger partial charge >= 0.3 is 0 Å². The first-order valence-corrected chi connectivity index (χ1v) is 9.98. The van der Waals surface area contributed by atoms with Crippen LogP contribution in [0.2, 0.25) is 0 Å². The van der Waals surface area contributed by atoms with Crippen LogP contribution in [0.4, 0.5) is 15.8 Å². The molecule has 1 unspecified atom stereocenters. The van der Waals surface area contributed by atoms with Crippen molar-refractivity contribution in [2.75, 3.05) is 10.0 Å². The van der Waals surface area contributed by atoms with E-state index >= 15 is 0 Å². The summed E-state index contributed by atoms with van der Waals surface area (Å²) < 4.78 is 39.6. The molecule has 0 heterocycles. The predicted molar refractivity (Wildman–Crippen MR) is 101 cm³/mol. The number of benzene rings is 2. The van der Waals surface area contributed by atoms with Crippen molar-refractivity contribution in [1.29, 1.82) is 0 Å². The zero-order chi connectivity index (χ0) is 18.9. The van der Waals surface area contributed by atoms with Crippen molar-refractivity contribution in [2.24, 2.45) is 0 Å². The lowest BCUT2D eigenvalue weighted by molar-refractivity contribution is 0.102. The first-order valence-electron chi connectivity index (χ1n) is 8.43. The fourth-order valence-corrected chi connectivity index (χ4v) is 3.52. The summed E-state index contributed by atoms with van der Waals surface area (Å²) in [5.41, 5.74) is 3.33. The first-order chi connectivity index (χ1) is 12.2. The Hall–Kier alpha value is -2.41. The third kappa shape index (κ3) is 4.04. The minimum Gasteiger partial charge on any atom is -0.322 e. The van der Waals surface area contributed by atoms with Crippen molar-refractivity contribution in [3.05, 3.63) is 59.2 Å². The molecule has 0 spiro atoms. The molecule has 1 aliphatic carbocycles. The third-order valence-corrected chi connectivity index (χ3v) is 6.14. The maximum Gasteiger partial charge on any atom is 0.255 e. The first kappa shape index (κ1) is 18.4. The molecule has 0 bridgehead atoms. The van der Waals surface area contributed by atoms with Gasteiger partial charge in [-0.1, -0.05) is 6.07 Å². The number of nitrogens with one attached hydrogen (secondary N) is 2. The molecule has 0 radical (unpaired) electrons. The van der Waals surface area contributed by atoms with Gasteiger partial charge < -0.3 is 5.32 Å². The molecule has 0 aromatic heterocycles. The Labute approximate surface area is 152 Å². The summed E-state index contributed by atoms with van der Waals surface area (Å²) in [6, 6.07) is 11.6. The molecule has 1 aliphatic rings. The Morgan fingerprint density at radius 2 is 1.65 bits per heavy atom. The highest BCUT2D eigenvalue weighted by molar-refractivity contribution is 7.93. The zero-order valence-electron chi connectivity index (χ0n) is 14.6. The number of amides is 1. The molecule has 138 valence electrons. The van der Waals surface area contributed by atoms with Gasteiger partial charge in [-0.3, -0.25) is 9.52 Å². The number of sulfonamides is 1. The van der Waals surface area contributed by atoms with E-state index < -0.39 is 21.4 Å². The van der Waals surface area contributed by atoms with Crippen molar-refractivity contribution in [3.63, 3.8) is 0 Å². The van der Waals surface area contributed by atoms with Gasteiger partial charge in [0, 0.05) is 29.8 Å². The molecule has 2 N–H and O–H groups in total. The van der Waals surface area contributed by atoms with Crippen LogP contribution in [-0.2, 0) is 22.9 Å². The predicted octanol–water partition coefficient (Wildman–Crippen LogP) is 3.53. The van der Waals surface area contributed by atoms with Crippen LogP contribution in [-0.4, -0.2) is 25.7 Å². The van der Waals surface area contributed by atoms with Crippen LogP contribution in [0.1, 0.15) is 35.3 Å². The number of hydrogen-bond donors (Lipinski definition) is 2. The van der Waals surface area contributed by atoms with Crippen LogP contribution in [0.5, 0.6) is 0 Å². The van der Waals surface area contributed by atoms with E-state index in [0.717, 1.165) is 11.1 Å². The van der Waals surface area contributed by atoms with E-state index in [1.165, 1.54) is 0 Å². The molecular formula is C19H21FN2O3S. The lowest BCUT2D eigenvalue weighted by atomic mass is 10.1. The minimum absolute atomic E-state index is 0.307. The second-order valence-electron chi connectivity index (χ2n) is 6.72. The summed E-state index contributed by atoms with van der Waals surface area (Å²) in [6.07, 6.45) is -0.0424. The highest BCUT2D eigenvalue weighted by atomic mass is 32.2. The number of rotatable bonds is 5. The maximum atomic E-state index is 13.4. The Kier molecular flexibility index (Phi) is 5.00. The summed E-state index contributed by atoms with van der Waals surface area (Å²) >= 11 is 0. The number of fused-ring (bicyclic) bond motifs is 1. The van der Waals surface area contributed by atoms with Gasteiger partial charge in [0.1, 0.15) is 6.17 Å². The minimum atomic E-state index is -3.42. The second kappa shape index (κ2) is 7.07. The smallest absolute Gasteiger partial charge is 0.255 e. The summed E-state index contributed by atoms with van der Waals surface area (Å²) in [4.78, 5) is 12.4. The molecule has 0 aliphatic heterocycles. The molecule has 2 aromatic rings. The van der Waals surface area contributed by atoms with Crippen molar-refractivity contribution in [1.82, 2.24) is 0 Å². The van der Waals surface area contributed by atoms with E-state index in [1.807, 2.05) is 6.07 Å². The van der Waals surface area contributed by atoms with Crippen LogP contribution in [0, 0.1) is 0 Å². The van der Waals surface area contributed by atoms with Crippen LogP contribution < -0.4 is 10.0 Å². The monoisotopic (exact) mass is 376 g/mol. The number of alkyl halides is 1. The molecule has 0 fully saturated rings. The van der Waals surface area contributed by atoms with E-state index in [2.05, 4.69) is 10.0 Å². The van der Waals surface area contributed by atoms with Crippen LogP contribution in [0.15, 0.2) is 42.5 Å². The van der Waals surface area contributed by atoms with Crippen molar-refractivity contribution >= 4 is 27.3 Å². The van der Waals surface area contributed by atoms with Crippen LogP contribution >= 0.6 is 0 Å². The molecule has 0 saturated carbocycles. The van der Waals surface area contributed by atoms with Gasteiger partial charge in [0.25, 0.3) is 5.91 Å². The molecule has 0 saturated heterocycles. The Morgan fingerprint density at radius 1 is 1.04 bits per heavy atom. The van der Waals surface area contributed by atoms with Gasteiger partial charge in [-0.05, 0) is 61.4 Å². The van der Waals surface area contributed by atoms with E-state index in [0.29, 0.717) is 29.8 Å². The summed E-state index contributed by atoms with van der Waals surface area (Å²) in [5, 5.41) is 2.24. The fraction of sp³-hybridized carbons (Fsp3) is 0.316. The highest BCUT2D eigenvalue weighted by Gasteiger charge is 2.21. The molecule has 5 nitrogen and oxygen atoms in total. The molecule has 7 heteroatoms. The van der Waals surface area contributed by atoms with Gasteiger partial charge in [-0.25, -0.2) is 12.8 Å². The van der Waals surface area contributed by atoms with Crippen molar-refractivity contribution in [3.8, 4) is 0 Å². The van der Waals surface area contributed by atoms with Crippen LogP contribution in [0.3, 0.4) is 0 Å². The second-order valence-corrected chi connectivity index (χ2v) is 8.95. The van der Waals surface area contributed by atoms with Gasteiger partial charge in [-0.15, -0.1) is 0 Å². The summed E-state index contributed by atoms with van der Waals surface area (Å²) in [5.74, 6) is -0.307. The average molecular weight is 376 g/mol. The van der Waals surface area contributed by atoms with E-state index in [1.54, 1.807) is 50.2 Å². The Balaban J connectivity index is 1.68. The molecule has 3 rings (SSSR count). The number of carbonyl (C=O) groups excluding carboxylic acids is 1. The number of carbonyl (C=O) groups is 1. The van der Waals surface area contributed by atoms with Gasteiger partial charge in [0.15, 0.2) is 0 Å². The largest absolute Gasteiger partial charge is 0.322 e. The molecular weight excluding hydrogens is 355 g/mol. The number of halogens is 1. The fourth-order valence-electron chi connectivity index (χ4n) is 2.82. The summed E-state index contributed by atoms with van der Waals surface area (Å²) in [6.45, 7) is 3.18. The van der Waals surface area contributed by atoms with Crippen LogP contribution in [0.25, 0.3) is 0 Å². The average Bonchev–Trinajstić information content (AvgIpc) is 2.94. The summed E-state index contributed by atoms with van der Waals surface area (Å²) in [7, 11) is -3.42. The molecule has 26 heavy (non-hydrogen) atoms. The van der Waals surface area contributed by atoms with E-state index in [-0.39, 0.29) is 5.91 Å². The highest BCUT2D eigenvalue weighted by Crippen LogP contribution is 2.27. The van der Waals surface area contributed by atoms with Crippen molar-refractivity contribution in [2.45, 2.75) is 38.1 Å². The quantitative estimate of drug-likeness (QED) is 0.838. The standard InChI is InChI=1S/C19H21FN2O3S/c1-12(2)26(24,25)22-17-6-3-13(4-7-17)19(23)21-18-8-5-14-9-16(20)10-15(14)11-18/h3-8,11-12,16,22H,9-10H2,1-2H3,(H,21,23). The normalized spacial score (nSPS) is 16.4. The maximum absolute atomic E-state index is 13.4. The number of anilines is 2. The Morgan fingerprint density at radius 3 is 2.31 bits per heavy atom. The zero-order valence-corrected chi connectivity index (χ0v) is 15.4. The SMILES string of the molecule is CC(C)S(=O)(=O)Nc1ccc(C(=O)Nc2ccc3c(c2)CC(F)C3)cc1. The molecule has 1 amide bonds. The Bertz CT molecular complexity index is 924. The lowest BCUT2D eigenvalue weighted by Crippen LogP contribution is -2.22. The lowest BCUT2D eigenvalue weighted by Gasteiger charge is -2.11. The third-order valence-electron chi connectivity index (χ3n) is 4.37. The topological polar surface area (TPSA) is 75.3 Å². The number of hydrogen-bond acceptors (Lipinski definition) is 3. The molecule has 1 atom stereocenters.